The van der Waals surface area contributed by atoms with E-state index in [0.717, 1.165) is 5.69 Å². The number of rotatable bonds is 5. The molecular formula is C20H29N7O4. The van der Waals surface area contributed by atoms with Crippen LogP contribution in [0, 0.1) is 12.8 Å². The Morgan fingerprint density at radius 2 is 2.03 bits per heavy atom. The van der Waals surface area contributed by atoms with Crippen molar-refractivity contribution in [3.05, 3.63) is 24.0 Å². The largest absolute Gasteiger partial charge is 0.469 e. The predicted octanol–water partition coefficient (Wildman–Crippen LogP) is 2.14. The fraction of sp³-hybridized carbons (Fsp3) is 0.550. The Hall–Kier alpha value is -3.37. The van der Waals surface area contributed by atoms with Gasteiger partial charge in [0.2, 0.25) is 5.95 Å². The van der Waals surface area contributed by atoms with E-state index < -0.39 is 17.6 Å². The van der Waals surface area contributed by atoms with Crippen LogP contribution in [0.15, 0.2) is 18.3 Å². The van der Waals surface area contributed by atoms with E-state index in [0.29, 0.717) is 37.1 Å². The number of H-pyrrole nitrogens is 1. The smallest absolute Gasteiger partial charge is 0.407 e. The van der Waals surface area contributed by atoms with Gasteiger partial charge in [0.15, 0.2) is 0 Å². The summed E-state index contributed by atoms with van der Waals surface area (Å²) in [6.07, 6.45) is 1.54. The van der Waals surface area contributed by atoms with Crippen LogP contribution in [0.5, 0.6) is 0 Å². The van der Waals surface area contributed by atoms with Gasteiger partial charge in [-0.25, -0.2) is 9.78 Å². The van der Waals surface area contributed by atoms with Gasteiger partial charge in [-0.2, -0.15) is 10.1 Å². The number of aromatic nitrogens is 4. The van der Waals surface area contributed by atoms with Crippen molar-refractivity contribution in [2.75, 3.05) is 30.4 Å². The van der Waals surface area contributed by atoms with Crippen LogP contribution in [-0.2, 0) is 14.3 Å². The molecule has 0 saturated carbocycles. The third-order valence-electron chi connectivity index (χ3n) is 4.59. The van der Waals surface area contributed by atoms with E-state index in [2.05, 4.69) is 30.8 Å². The van der Waals surface area contributed by atoms with E-state index >= 15 is 0 Å². The lowest BCUT2D eigenvalue weighted by Crippen LogP contribution is -2.53. The fourth-order valence-corrected chi connectivity index (χ4v) is 3.40. The molecule has 1 aliphatic rings. The number of anilines is 3. The summed E-state index contributed by atoms with van der Waals surface area (Å²) in [5.41, 5.74) is 0.136. The van der Waals surface area contributed by atoms with E-state index in [1.54, 1.807) is 33.0 Å². The number of hydrogen-bond acceptors (Lipinski definition) is 9. The van der Waals surface area contributed by atoms with Gasteiger partial charge in [-0.15, -0.1) is 0 Å². The maximum atomic E-state index is 12.3. The van der Waals surface area contributed by atoms with Crippen LogP contribution in [0.1, 0.15) is 32.9 Å². The molecule has 1 saturated heterocycles. The number of ether oxygens (including phenoxy) is 2. The number of carbonyl (C=O) groups excluding carboxylic acids is 2. The van der Waals surface area contributed by atoms with Crippen molar-refractivity contribution in [3.63, 3.8) is 0 Å². The van der Waals surface area contributed by atoms with Crippen LogP contribution < -0.4 is 15.5 Å². The van der Waals surface area contributed by atoms with E-state index in [4.69, 9.17) is 9.47 Å². The number of hydrogen-bond donors (Lipinski definition) is 3. The average Bonchev–Trinajstić information content (AvgIpc) is 3.18. The number of nitrogens with one attached hydrogen (secondary N) is 3. The first-order valence-corrected chi connectivity index (χ1v) is 10.1. The highest BCUT2D eigenvalue weighted by Crippen LogP contribution is 2.24. The lowest BCUT2D eigenvalue weighted by atomic mass is 9.94. The molecule has 0 aliphatic carbocycles. The van der Waals surface area contributed by atoms with Gasteiger partial charge in [0.1, 0.15) is 17.2 Å². The fourth-order valence-electron chi connectivity index (χ4n) is 3.40. The minimum atomic E-state index is -0.618. The van der Waals surface area contributed by atoms with E-state index in [1.165, 1.54) is 7.11 Å². The van der Waals surface area contributed by atoms with Gasteiger partial charge < -0.3 is 25.0 Å². The van der Waals surface area contributed by atoms with Crippen molar-refractivity contribution >= 4 is 29.6 Å². The molecule has 2 aromatic heterocycles. The van der Waals surface area contributed by atoms with Crippen molar-refractivity contribution in [1.82, 2.24) is 25.5 Å². The first-order valence-electron chi connectivity index (χ1n) is 10.1. The van der Waals surface area contributed by atoms with Crippen molar-refractivity contribution in [2.24, 2.45) is 5.92 Å². The molecule has 1 fully saturated rings. The summed E-state index contributed by atoms with van der Waals surface area (Å²) >= 11 is 0. The summed E-state index contributed by atoms with van der Waals surface area (Å²) in [6, 6.07) is 3.26. The zero-order valence-electron chi connectivity index (χ0n) is 18.4. The van der Waals surface area contributed by atoms with Gasteiger partial charge in [-0.1, -0.05) is 0 Å². The first-order chi connectivity index (χ1) is 14.6. The predicted molar refractivity (Wildman–Crippen MR) is 114 cm³/mol. The second kappa shape index (κ2) is 9.19. The van der Waals surface area contributed by atoms with Crippen LogP contribution in [0.4, 0.5) is 22.4 Å². The minimum Gasteiger partial charge on any atom is -0.469 e. The second-order valence-electron chi connectivity index (χ2n) is 8.49. The molecule has 11 heteroatoms. The highest BCUT2D eigenvalue weighted by Gasteiger charge is 2.35. The van der Waals surface area contributed by atoms with Gasteiger partial charge in [0.05, 0.1) is 25.3 Å². The number of aromatic amines is 1. The Morgan fingerprint density at radius 1 is 1.26 bits per heavy atom. The molecule has 2 atom stereocenters. The Morgan fingerprint density at radius 3 is 2.68 bits per heavy atom. The van der Waals surface area contributed by atoms with Crippen molar-refractivity contribution < 1.29 is 19.1 Å². The molecular weight excluding hydrogens is 402 g/mol. The molecule has 3 N–H and O–H groups in total. The summed E-state index contributed by atoms with van der Waals surface area (Å²) in [4.78, 5) is 35.6. The lowest BCUT2D eigenvalue weighted by Gasteiger charge is -2.37. The summed E-state index contributed by atoms with van der Waals surface area (Å²) in [5, 5.41) is 12.7. The molecule has 1 unspecified atom stereocenters. The van der Waals surface area contributed by atoms with Crippen LogP contribution in [0.25, 0.3) is 0 Å². The molecule has 2 aromatic rings. The maximum Gasteiger partial charge on any atom is 0.407 e. The molecule has 3 heterocycles. The Labute approximate surface area is 180 Å². The number of carbonyl (C=O) groups is 2. The monoisotopic (exact) mass is 431 g/mol. The summed E-state index contributed by atoms with van der Waals surface area (Å²) in [6.45, 7) is 8.07. The van der Waals surface area contributed by atoms with E-state index in [1.807, 2.05) is 17.9 Å². The molecule has 3 rings (SSSR count). The molecule has 0 spiro atoms. The standard InChI is InChI=1S/C20H29N7O4/c1-12-8-16(24-15-6-7-21-26-15)25-18(22-12)27-10-13(17(28)30-5)9-14(11-27)23-19(29)31-20(2,3)4/h6-8,13-14H,9-11H2,1-5H3,(H,23,29)(H2,21,22,24,25,26)/t13?,14-/m1/s1. The van der Waals surface area contributed by atoms with Crippen LogP contribution in [0.3, 0.4) is 0 Å². The quantitative estimate of drug-likeness (QED) is 0.609. The molecule has 0 aromatic carbocycles. The van der Waals surface area contributed by atoms with Gasteiger partial charge >= 0.3 is 12.1 Å². The SMILES string of the molecule is COC(=O)C1C[C@@H](NC(=O)OC(C)(C)C)CN(c2nc(C)cc(Nc3ccn[nH]3)n2)C1. The number of esters is 1. The lowest BCUT2D eigenvalue weighted by molar-refractivity contribution is -0.146. The molecule has 168 valence electrons. The maximum absolute atomic E-state index is 12.3. The molecule has 31 heavy (non-hydrogen) atoms. The Bertz CT molecular complexity index is 911. The van der Waals surface area contributed by atoms with Gasteiger partial charge in [-0.05, 0) is 34.1 Å². The minimum absolute atomic E-state index is 0.333. The van der Waals surface area contributed by atoms with Gasteiger partial charge in [0.25, 0.3) is 0 Å². The number of aryl methyl sites for hydroxylation is 1. The molecule has 1 amide bonds. The van der Waals surface area contributed by atoms with Crippen molar-refractivity contribution in [2.45, 2.75) is 45.8 Å². The van der Waals surface area contributed by atoms with Crippen LogP contribution in [0.2, 0.25) is 0 Å². The summed E-state index contributed by atoms with van der Waals surface area (Å²) in [7, 11) is 1.35. The molecule has 0 radical (unpaired) electrons. The normalized spacial score (nSPS) is 18.9. The van der Waals surface area contributed by atoms with Crippen LogP contribution >= 0.6 is 0 Å². The van der Waals surface area contributed by atoms with Gasteiger partial charge in [-0.3, -0.25) is 9.89 Å². The zero-order chi connectivity index (χ0) is 22.6. The summed E-state index contributed by atoms with van der Waals surface area (Å²) in [5.74, 6) is 0.950. The summed E-state index contributed by atoms with van der Waals surface area (Å²) < 4.78 is 10.3. The number of amides is 1. The zero-order valence-corrected chi connectivity index (χ0v) is 18.4. The van der Waals surface area contributed by atoms with E-state index in [-0.39, 0.29) is 12.0 Å². The van der Waals surface area contributed by atoms with Crippen molar-refractivity contribution in [3.8, 4) is 0 Å². The van der Waals surface area contributed by atoms with Gasteiger partial charge in [0, 0.05) is 30.9 Å². The highest BCUT2D eigenvalue weighted by molar-refractivity contribution is 5.74. The molecule has 1 aliphatic heterocycles. The third-order valence-corrected chi connectivity index (χ3v) is 4.59. The van der Waals surface area contributed by atoms with Crippen LogP contribution in [-0.4, -0.2) is 64.1 Å². The topological polar surface area (TPSA) is 134 Å². The number of methoxy groups -OCH3 is 1. The number of nitrogens with zero attached hydrogens (tertiary/aromatic N) is 4. The molecule has 0 bridgehead atoms. The average molecular weight is 431 g/mol. The highest BCUT2D eigenvalue weighted by atomic mass is 16.6. The Kier molecular flexibility index (Phi) is 6.62. The van der Waals surface area contributed by atoms with E-state index in [9.17, 15) is 9.59 Å². The number of alkyl carbamates (subject to hydrolysis) is 1. The number of piperidine rings is 1. The third kappa shape index (κ3) is 6.30. The second-order valence-corrected chi connectivity index (χ2v) is 8.49. The molecule has 11 nitrogen and oxygen atoms in total. The van der Waals surface area contributed by atoms with Crippen molar-refractivity contribution in [1.29, 1.82) is 0 Å². The first kappa shape index (κ1) is 22.3. The Balaban J connectivity index is 1.80.